The first-order valence-corrected chi connectivity index (χ1v) is 8.18. The average molecular weight is 301 g/mol. The summed E-state index contributed by atoms with van der Waals surface area (Å²) >= 11 is 1.64. The molecule has 1 unspecified atom stereocenters. The van der Waals surface area contributed by atoms with Gasteiger partial charge in [-0.05, 0) is 25.5 Å². The van der Waals surface area contributed by atoms with Crippen LogP contribution >= 0.6 is 11.3 Å². The predicted octanol–water partition coefficient (Wildman–Crippen LogP) is 4.40. The molecule has 1 atom stereocenters. The zero-order valence-electron chi connectivity index (χ0n) is 12.3. The van der Waals surface area contributed by atoms with E-state index in [4.69, 9.17) is 4.42 Å². The second-order valence-corrected chi connectivity index (χ2v) is 6.02. The first-order valence-electron chi connectivity index (χ1n) is 7.36. The largest absolute Gasteiger partial charge is 0.464 e. The summed E-state index contributed by atoms with van der Waals surface area (Å²) in [4.78, 5) is 0. The van der Waals surface area contributed by atoms with Crippen molar-refractivity contribution in [3.63, 3.8) is 0 Å². The van der Waals surface area contributed by atoms with E-state index in [9.17, 15) is 0 Å². The minimum atomic E-state index is 0.286. The van der Waals surface area contributed by atoms with Crippen molar-refractivity contribution in [2.45, 2.75) is 32.7 Å². The third-order valence-corrected chi connectivity index (χ3v) is 4.57. The number of aromatic nitrogens is 2. The summed E-state index contributed by atoms with van der Waals surface area (Å²) in [6, 6.07) is 8.30. The Hall–Kier alpha value is -1.72. The van der Waals surface area contributed by atoms with Crippen molar-refractivity contribution < 1.29 is 4.42 Å². The molecule has 21 heavy (non-hydrogen) atoms. The maximum Gasteiger partial charge on any atom is 0.151 e. The van der Waals surface area contributed by atoms with Crippen LogP contribution in [0.4, 0.5) is 0 Å². The molecular formula is C16H19N3OS. The number of hydrogen-bond donors (Lipinski definition) is 1. The standard InChI is InChI=1S/C16H19N3OS/c1-3-9-17-13(4-2)16-19-18-15(21-16)12-10-20-14-8-6-5-7-11(12)14/h5-8,10,13,17H,3-4,9H2,1-2H3. The number of nitrogens with one attached hydrogen (secondary N) is 1. The number of benzene rings is 1. The van der Waals surface area contributed by atoms with E-state index in [1.165, 1.54) is 0 Å². The summed E-state index contributed by atoms with van der Waals surface area (Å²) in [5, 5.41) is 15.3. The summed E-state index contributed by atoms with van der Waals surface area (Å²) in [5.41, 5.74) is 1.92. The van der Waals surface area contributed by atoms with E-state index in [1.54, 1.807) is 17.6 Å². The van der Waals surface area contributed by atoms with Gasteiger partial charge in [-0.3, -0.25) is 0 Å². The van der Waals surface area contributed by atoms with Gasteiger partial charge in [0.1, 0.15) is 16.9 Å². The van der Waals surface area contributed by atoms with Crippen LogP contribution in [0.3, 0.4) is 0 Å². The minimum absolute atomic E-state index is 0.286. The molecular weight excluding hydrogens is 282 g/mol. The minimum Gasteiger partial charge on any atom is -0.464 e. The summed E-state index contributed by atoms with van der Waals surface area (Å²) in [6.07, 6.45) is 3.91. The number of rotatable bonds is 6. The summed E-state index contributed by atoms with van der Waals surface area (Å²) in [6.45, 7) is 5.34. The predicted molar refractivity (Wildman–Crippen MR) is 86.4 cm³/mol. The normalized spacial score (nSPS) is 12.9. The fourth-order valence-electron chi connectivity index (χ4n) is 2.35. The quantitative estimate of drug-likeness (QED) is 0.733. The summed E-state index contributed by atoms with van der Waals surface area (Å²) < 4.78 is 5.59. The molecule has 3 rings (SSSR count). The number of hydrogen-bond acceptors (Lipinski definition) is 5. The second kappa shape index (κ2) is 6.37. The molecule has 110 valence electrons. The molecule has 0 radical (unpaired) electrons. The van der Waals surface area contributed by atoms with Crippen LogP contribution in [-0.2, 0) is 0 Å². The van der Waals surface area contributed by atoms with Gasteiger partial charge in [-0.1, -0.05) is 43.4 Å². The lowest BCUT2D eigenvalue weighted by Crippen LogP contribution is -2.21. The van der Waals surface area contributed by atoms with Gasteiger partial charge in [0.2, 0.25) is 0 Å². The molecule has 0 saturated heterocycles. The molecule has 5 heteroatoms. The Morgan fingerprint density at radius 2 is 2.10 bits per heavy atom. The third-order valence-electron chi connectivity index (χ3n) is 3.50. The van der Waals surface area contributed by atoms with Gasteiger partial charge in [0.05, 0.1) is 11.6 Å². The van der Waals surface area contributed by atoms with Crippen molar-refractivity contribution in [1.82, 2.24) is 15.5 Å². The Kier molecular flexibility index (Phi) is 4.31. The molecule has 0 aliphatic rings. The highest BCUT2D eigenvalue weighted by atomic mass is 32.1. The highest BCUT2D eigenvalue weighted by Gasteiger charge is 2.17. The molecule has 3 aromatic rings. The monoisotopic (exact) mass is 301 g/mol. The van der Waals surface area contributed by atoms with Crippen LogP contribution in [0.2, 0.25) is 0 Å². The van der Waals surface area contributed by atoms with Crippen LogP contribution in [0.15, 0.2) is 34.9 Å². The molecule has 0 fully saturated rings. The average Bonchev–Trinajstić information content (AvgIpc) is 3.14. The Labute approximate surface area is 128 Å². The van der Waals surface area contributed by atoms with Gasteiger partial charge >= 0.3 is 0 Å². The van der Waals surface area contributed by atoms with Gasteiger partial charge in [-0.2, -0.15) is 0 Å². The van der Waals surface area contributed by atoms with Crippen LogP contribution in [0.1, 0.15) is 37.7 Å². The maximum atomic E-state index is 5.59. The smallest absolute Gasteiger partial charge is 0.151 e. The van der Waals surface area contributed by atoms with E-state index in [0.717, 1.165) is 45.9 Å². The zero-order chi connectivity index (χ0) is 14.7. The van der Waals surface area contributed by atoms with Crippen LogP contribution in [0, 0.1) is 0 Å². The Balaban J connectivity index is 1.90. The number of fused-ring (bicyclic) bond motifs is 1. The van der Waals surface area contributed by atoms with E-state index in [0.29, 0.717) is 0 Å². The number of furan rings is 1. The third kappa shape index (κ3) is 2.84. The van der Waals surface area contributed by atoms with Gasteiger partial charge in [0.25, 0.3) is 0 Å². The van der Waals surface area contributed by atoms with Crippen molar-refractivity contribution in [2.75, 3.05) is 6.54 Å². The fraction of sp³-hybridized carbons (Fsp3) is 0.375. The van der Waals surface area contributed by atoms with E-state index in [2.05, 4.69) is 35.4 Å². The lowest BCUT2D eigenvalue weighted by Gasteiger charge is -2.12. The zero-order valence-corrected chi connectivity index (χ0v) is 13.1. The molecule has 0 aliphatic heterocycles. The van der Waals surface area contributed by atoms with Crippen LogP contribution in [0.25, 0.3) is 21.5 Å². The second-order valence-electron chi connectivity index (χ2n) is 5.01. The van der Waals surface area contributed by atoms with Crippen LogP contribution < -0.4 is 5.32 Å². The van der Waals surface area contributed by atoms with Crippen LogP contribution in [-0.4, -0.2) is 16.7 Å². The maximum absolute atomic E-state index is 5.59. The molecule has 2 aromatic heterocycles. The lowest BCUT2D eigenvalue weighted by atomic mass is 10.2. The van der Waals surface area contributed by atoms with Crippen LogP contribution in [0.5, 0.6) is 0 Å². The Morgan fingerprint density at radius 1 is 1.24 bits per heavy atom. The highest BCUT2D eigenvalue weighted by Crippen LogP contribution is 2.34. The van der Waals surface area contributed by atoms with Gasteiger partial charge in [-0.25, -0.2) is 0 Å². The van der Waals surface area contributed by atoms with E-state index >= 15 is 0 Å². The van der Waals surface area contributed by atoms with Crippen molar-refractivity contribution in [3.8, 4) is 10.6 Å². The molecule has 1 aromatic carbocycles. The van der Waals surface area contributed by atoms with E-state index in [1.807, 2.05) is 18.2 Å². The van der Waals surface area contributed by atoms with Crippen molar-refractivity contribution in [3.05, 3.63) is 35.5 Å². The molecule has 0 amide bonds. The SMILES string of the molecule is CCCNC(CC)c1nnc(-c2coc3ccccc23)s1. The molecule has 0 saturated carbocycles. The van der Waals surface area contributed by atoms with Gasteiger partial charge in [-0.15, -0.1) is 10.2 Å². The Morgan fingerprint density at radius 3 is 2.90 bits per heavy atom. The van der Waals surface area contributed by atoms with Gasteiger partial charge in [0.15, 0.2) is 5.01 Å². The van der Waals surface area contributed by atoms with Gasteiger partial charge < -0.3 is 9.73 Å². The highest BCUT2D eigenvalue weighted by molar-refractivity contribution is 7.14. The van der Waals surface area contributed by atoms with Crippen molar-refractivity contribution >= 4 is 22.3 Å². The molecule has 0 bridgehead atoms. The summed E-state index contributed by atoms with van der Waals surface area (Å²) in [5.74, 6) is 0. The molecule has 0 spiro atoms. The fourth-order valence-corrected chi connectivity index (χ4v) is 3.37. The topological polar surface area (TPSA) is 51.0 Å². The lowest BCUT2D eigenvalue weighted by molar-refractivity contribution is 0.513. The molecule has 1 N–H and O–H groups in total. The molecule has 2 heterocycles. The first kappa shape index (κ1) is 14.2. The number of nitrogens with zero attached hydrogens (tertiary/aromatic N) is 2. The van der Waals surface area contributed by atoms with Crippen molar-refractivity contribution in [2.24, 2.45) is 0 Å². The van der Waals surface area contributed by atoms with E-state index < -0.39 is 0 Å². The van der Waals surface area contributed by atoms with Crippen molar-refractivity contribution in [1.29, 1.82) is 0 Å². The Bertz CT molecular complexity index is 719. The molecule has 0 aliphatic carbocycles. The summed E-state index contributed by atoms with van der Waals surface area (Å²) in [7, 11) is 0. The first-order chi connectivity index (χ1) is 10.3. The van der Waals surface area contributed by atoms with E-state index in [-0.39, 0.29) is 6.04 Å². The number of para-hydroxylation sites is 1. The molecule has 4 nitrogen and oxygen atoms in total. The van der Waals surface area contributed by atoms with Gasteiger partial charge in [0, 0.05) is 5.39 Å².